The summed E-state index contributed by atoms with van der Waals surface area (Å²) < 4.78 is 13.4. The lowest BCUT2D eigenvalue weighted by Crippen LogP contribution is -2.15. The summed E-state index contributed by atoms with van der Waals surface area (Å²) in [4.78, 5) is 24.9. The van der Waals surface area contributed by atoms with Crippen LogP contribution in [0.1, 0.15) is 5.69 Å². The van der Waals surface area contributed by atoms with E-state index < -0.39 is 5.82 Å². The van der Waals surface area contributed by atoms with Crippen molar-refractivity contribution in [2.75, 3.05) is 5.32 Å². The Labute approximate surface area is 152 Å². The first-order valence-electron chi connectivity index (χ1n) is 7.87. The second-order valence-electron chi connectivity index (χ2n) is 5.67. The van der Waals surface area contributed by atoms with Crippen molar-refractivity contribution in [3.8, 4) is 11.3 Å². The summed E-state index contributed by atoms with van der Waals surface area (Å²) in [6.07, 6.45) is 2.91. The summed E-state index contributed by atoms with van der Waals surface area (Å²) in [6.45, 7) is 0. The molecule has 1 N–H and O–H groups in total. The van der Waals surface area contributed by atoms with Crippen molar-refractivity contribution in [3.05, 3.63) is 71.2 Å². The van der Waals surface area contributed by atoms with Gasteiger partial charge in [0.05, 0.1) is 40.7 Å². The number of carbonyl (C=O) groups is 1. The molecule has 0 fully saturated rings. The molecule has 26 heavy (non-hydrogen) atoms. The third-order valence-electron chi connectivity index (χ3n) is 3.82. The predicted molar refractivity (Wildman–Crippen MR) is 99.4 cm³/mol. The number of thiazole rings is 1. The molecule has 3 heterocycles. The molecule has 1 amide bonds. The second kappa shape index (κ2) is 6.97. The molecule has 0 aliphatic rings. The number of rotatable bonds is 4. The minimum absolute atomic E-state index is 0.164. The molecule has 0 radical (unpaired) electrons. The molecule has 0 bridgehead atoms. The molecule has 4 aromatic rings. The van der Waals surface area contributed by atoms with Crippen molar-refractivity contribution in [1.29, 1.82) is 0 Å². The van der Waals surface area contributed by atoms with Gasteiger partial charge in [-0.3, -0.25) is 9.78 Å². The normalized spacial score (nSPS) is 10.8. The van der Waals surface area contributed by atoms with Crippen molar-refractivity contribution in [3.63, 3.8) is 0 Å². The van der Waals surface area contributed by atoms with Crippen LogP contribution in [0.4, 0.5) is 10.1 Å². The van der Waals surface area contributed by atoms with Gasteiger partial charge < -0.3 is 5.32 Å². The number of hydrogen-bond acceptors (Lipinski definition) is 5. The summed E-state index contributed by atoms with van der Waals surface area (Å²) in [7, 11) is 0. The molecule has 7 heteroatoms. The number of amides is 1. The topological polar surface area (TPSA) is 67.8 Å². The summed E-state index contributed by atoms with van der Waals surface area (Å²) in [5.41, 5.74) is 4.84. The Morgan fingerprint density at radius 2 is 2.12 bits per heavy atom. The first kappa shape index (κ1) is 16.3. The van der Waals surface area contributed by atoms with Gasteiger partial charge in [-0.15, -0.1) is 11.3 Å². The lowest BCUT2D eigenvalue weighted by atomic mass is 10.1. The number of hydrogen-bond donors (Lipinski definition) is 1. The van der Waals surface area contributed by atoms with E-state index >= 15 is 0 Å². The van der Waals surface area contributed by atoms with Gasteiger partial charge in [0.25, 0.3) is 0 Å². The largest absolute Gasteiger partial charge is 0.324 e. The number of carbonyl (C=O) groups excluding carboxylic acids is 1. The van der Waals surface area contributed by atoms with Gasteiger partial charge in [-0.2, -0.15) is 0 Å². The van der Waals surface area contributed by atoms with Crippen LogP contribution in [0.3, 0.4) is 0 Å². The average molecular weight is 364 g/mol. The Bertz CT molecular complexity index is 1080. The van der Waals surface area contributed by atoms with E-state index in [1.54, 1.807) is 23.8 Å². The van der Waals surface area contributed by atoms with Gasteiger partial charge in [-0.1, -0.05) is 18.2 Å². The Morgan fingerprint density at radius 1 is 1.19 bits per heavy atom. The van der Waals surface area contributed by atoms with Crippen LogP contribution in [0, 0.1) is 5.82 Å². The van der Waals surface area contributed by atoms with Gasteiger partial charge in [0.15, 0.2) is 0 Å². The molecule has 128 valence electrons. The Morgan fingerprint density at radius 3 is 2.92 bits per heavy atom. The number of pyridine rings is 2. The van der Waals surface area contributed by atoms with Gasteiger partial charge >= 0.3 is 0 Å². The molecule has 0 aliphatic heterocycles. The number of nitrogens with zero attached hydrogens (tertiary/aromatic N) is 3. The standard InChI is InChI=1S/C19H13FN4OS/c20-14-6-13(8-21-9-14)16-5-4-12-2-1-3-17(19(12)24-16)23-18(25)7-15-10-26-11-22-15/h1-6,8-11H,7H2,(H,23,25). The summed E-state index contributed by atoms with van der Waals surface area (Å²) in [5, 5.41) is 5.61. The lowest BCUT2D eigenvalue weighted by Gasteiger charge is -2.09. The van der Waals surface area contributed by atoms with E-state index in [0.29, 0.717) is 22.5 Å². The van der Waals surface area contributed by atoms with E-state index in [1.807, 2.05) is 23.6 Å². The van der Waals surface area contributed by atoms with Crippen LogP contribution in [0.2, 0.25) is 0 Å². The summed E-state index contributed by atoms with van der Waals surface area (Å²) in [5.74, 6) is -0.586. The van der Waals surface area contributed by atoms with Crippen LogP contribution in [0.5, 0.6) is 0 Å². The highest BCUT2D eigenvalue weighted by Crippen LogP contribution is 2.26. The van der Waals surface area contributed by atoms with E-state index in [-0.39, 0.29) is 12.3 Å². The molecular formula is C19H13FN4OS. The molecule has 0 aliphatic carbocycles. The average Bonchev–Trinajstić information content (AvgIpc) is 3.14. The fraction of sp³-hybridized carbons (Fsp3) is 0.0526. The summed E-state index contributed by atoms with van der Waals surface area (Å²) >= 11 is 1.45. The zero-order valence-electron chi connectivity index (χ0n) is 13.5. The maximum Gasteiger partial charge on any atom is 0.230 e. The lowest BCUT2D eigenvalue weighted by molar-refractivity contribution is -0.115. The molecule has 0 saturated carbocycles. The molecule has 3 aromatic heterocycles. The van der Waals surface area contributed by atoms with Crippen molar-refractivity contribution < 1.29 is 9.18 Å². The fourth-order valence-electron chi connectivity index (χ4n) is 2.64. The molecule has 5 nitrogen and oxygen atoms in total. The third-order valence-corrected chi connectivity index (χ3v) is 4.46. The molecule has 0 spiro atoms. The number of halogens is 1. The Hall–Kier alpha value is -3.19. The van der Waals surface area contributed by atoms with Crippen LogP contribution in [-0.2, 0) is 11.2 Å². The van der Waals surface area contributed by atoms with Crippen LogP contribution >= 0.6 is 11.3 Å². The van der Waals surface area contributed by atoms with Gasteiger partial charge in [0.2, 0.25) is 5.91 Å². The van der Waals surface area contributed by atoms with Crippen LogP contribution in [0.15, 0.2) is 59.7 Å². The van der Waals surface area contributed by atoms with Crippen LogP contribution in [0.25, 0.3) is 22.2 Å². The number of benzene rings is 1. The van der Waals surface area contributed by atoms with E-state index in [1.165, 1.54) is 17.4 Å². The fourth-order valence-corrected chi connectivity index (χ4v) is 3.20. The number of nitrogens with one attached hydrogen (secondary N) is 1. The highest BCUT2D eigenvalue weighted by Gasteiger charge is 2.10. The smallest absolute Gasteiger partial charge is 0.230 e. The molecule has 0 atom stereocenters. The van der Waals surface area contributed by atoms with Crippen molar-refractivity contribution in [1.82, 2.24) is 15.0 Å². The summed E-state index contributed by atoms with van der Waals surface area (Å²) in [6, 6.07) is 10.6. The van der Waals surface area contributed by atoms with E-state index in [9.17, 15) is 9.18 Å². The van der Waals surface area contributed by atoms with Crippen LogP contribution < -0.4 is 5.32 Å². The molecule has 0 unspecified atom stereocenters. The first-order valence-corrected chi connectivity index (χ1v) is 8.81. The minimum atomic E-state index is -0.422. The second-order valence-corrected chi connectivity index (χ2v) is 6.39. The SMILES string of the molecule is O=C(Cc1cscn1)Nc1cccc2ccc(-c3cncc(F)c3)nc12. The first-order chi connectivity index (χ1) is 12.7. The maximum absolute atomic E-state index is 13.4. The highest BCUT2D eigenvalue weighted by molar-refractivity contribution is 7.07. The van der Waals surface area contributed by atoms with E-state index in [0.717, 1.165) is 17.3 Å². The molecule has 0 saturated heterocycles. The van der Waals surface area contributed by atoms with Crippen molar-refractivity contribution in [2.45, 2.75) is 6.42 Å². The molecule has 1 aromatic carbocycles. The predicted octanol–water partition coefficient (Wildman–Crippen LogP) is 4.07. The van der Waals surface area contributed by atoms with E-state index in [4.69, 9.17) is 0 Å². The maximum atomic E-state index is 13.4. The molecular weight excluding hydrogens is 351 g/mol. The van der Waals surface area contributed by atoms with Crippen LogP contribution in [-0.4, -0.2) is 20.9 Å². The van der Waals surface area contributed by atoms with Gasteiger partial charge in [-0.25, -0.2) is 14.4 Å². The monoisotopic (exact) mass is 364 g/mol. The van der Waals surface area contributed by atoms with Gasteiger partial charge in [-0.05, 0) is 18.2 Å². The quantitative estimate of drug-likeness (QED) is 0.593. The number of anilines is 1. The third kappa shape index (κ3) is 3.43. The molecule has 4 rings (SSSR count). The number of para-hydroxylation sites is 1. The Balaban J connectivity index is 1.68. The zero-order valence-corrected chi connectivity index (χ0v) is 14.3. The number of fused-ring (bicyclic) bond motifs is 1. The number of aromatic nitrogens is 3. The Kier molecular flexibility index (Phi) is 4.37. The van der Waals surface area contributed by atoms with Crippen molar-refractivity contribution >= 4 is 33.8 Å². The highest BCUT2D eigenvalue weighted by atomic mass is 32.1. The zero-order chi connectivity index (χ0) is 17.9. The van der Waals surface area contributed by atoms with Gasteiger partial charge in [0, 0.05) is 22.5 Å². The van der Waals surface area contributed by atoms with E-state index in [2.05, 4.69) is 20.3 Å². The minimum Gasteiger partial charge on any atom is -0.324 e. The van der Waals surface area contributed by atoms with Gasteiger partial charge in [0.1, 0.15) is 5.82 Å². The van der Waals surface area contributed by atoms with Crippen molar-refractivity contribution in [2.24, 2.45) is 0 Å².